The first-order valence-corrected chi connectivity index (χ1v) is 9.35. The average molecular weight is 361 g/mol. The van der Waals surface area contributed by atoms with Crippen molar-refractivity contribution in [2.45, 2.75) is 39.5 Å². The minimum absolute atomic E-state index is 0.0815. The first-order chi connectivity index (χ1) is 12.3. The summed E-state index contributed by atoms with van der Waals surface area (Å²) in [5, 5.41) is 2.80. The molecule has 2 rings (SSSR count). The fraction of sp³-hybridized carbons (Fsp3) is 0.600. The van der Waals surface area contributed by atoms with E-state index in [1.54, 1.807) is 11.8 Å². The van der Waals surface area contributed by atoms with Crippen LogP contribution in [0.25, 0.3) is 0 Å². The van der Waals surface area contributed by atoms with Gasteiger partial charge in [0.1, 0.15) is 0 Å². The Hall–Kier alpha value is -2.24. The molecule has 0 bridgehead atoms. The molecule has 0 unspecified atom stereocenters. The van der Waals surface area contributed by atoms with Gasteiger partial charge in [-0.15, -0.1) is 0 Å². The van der Waals surface area contributed by atoms with Crippen molar-refractivity contribution in [2.75, 3.05) is 44.2 Å². The molecule has 144 valence electrons. The highest BCUT2D eigenvalue weighted by Crippen LogP contribution is 2.32. The summed E-state index contributed by atoms with van der Waals surface area (Å²) in [6, 6.07) is 8.38. The lowest BCUT2D eigenvalue weighted by Gasteiger charge is -2.38. The molecule has 0 spiro atoms. The highest BCUT2D eigenvalue weighted by Gasteiger charge is 2.25. The van der Waals surface area contributed by atoms with Crippen molar-refractivity contribution in [1.82, 2.24) is 10.2 Å². The number of nitrogens with one attached hydrogen (secondary N) is 1. The smallest absolute Gasteiger partial charge is 0.317 e. The molecular formula is C20H31N3O3. The zero-order valence-corrected chi connectivity index (χ0v) is 16.4. The van der Waals surface area contributed by atoms with E-state index >= 15 is 0 Å². The summed E-state index contributed by atoms with van der Waals surface area (Å²) in [6.45, 7) is 12.1. The largest absolute Gasteiger partial charge is 0.466 e. The van der Waals surface area contributed by atoms with Crippen LogP contribution in [0.5, 0.6) is 0 Å². The fourth-order valence-electron chi connectivity index (χ4n) is 3.15. The topological polar surface area (TPSA) is 61.9 Å². The molecule has 1 saturated heterocycles. The van der Waals surface area contributed by atoms with Crippen LogP contribution in [0.4, 0.5) is 10.5 Å². The zero-order chi connectivity index (χ0) is 19.2. The number of amides is 2. The maximum absolute atomic E-state index is 12.3. The minimum atomic E-state index is -0.281. The Morgan fingerprint density at radius 1 is 1.12 bits per heavy atom. The summed E-state index contributed by atoms with van der Waals surface area (Å²) in [5.74, 6) is -0.281. The maximum atomic E-state index is 12.3. The second-order valence-corrected chi connectivity index (χ2v) is 7.53. The number of urea groups is 1. The van der Waals surface area contributed by atoms with Crippen molar-refractivity contribution < 1.29 is 14.3 Å². The molecule has 1 aliphatic heterocycles. The Balaban J connectivity index is 1.86. The number of ether oxygens (including phenoxy) is 1. The van der Waals surface area contributed by atoms with E-state index in [-0.39, 0.29) is 23.8 Å². The second kappa shape index (κ2) is 8.92. The lowest BCUT2D eigenvalue weighted by Crippen LogP contribution is -2.52. The Labute approximate surface area is 156 Å². The van der Waals surface area contributed by atoms with E-state index in [2.05, 4.69) is 55.3 Å². The SMILES string of the molecule is CCOC(=O)CCNC(=O)N1CCN(c2ccccc2C(C)(C)C)CC1. The predicted molar refractivity (Wildman–Crippen MR) is 104 cm³/mol. The molecule has 1 aliphatic rings. The first-order valence-electron chi connectivity index (χ1n) is 9.35. The van der Waals surface area contributed by atoms with Crippen molar-refractivity contribution in [3.63, 3.8) is 0 Å². The quantitative estimate of drug-likeness (QED) is 0.819. The molecule has 0 atom stereocenters. The molecule has 1 aromatic rings. The molecule has 0 aliphatic carbocycles. The summed E-state index contributed by atoms with van der Waals surface area (Å²) < 4.78 is 4.86. The van der Waals surface area contributed by atoms with Crippen molar-refractivity contribution in [2.24, 2.45) is 0 Å². The van der Waals surface area contributed by atoms with Gasteiger partial charge in [-0.3, -0.25) is 4.79 Å². The van der Waals surface area contributed by atoms with Crippen LogP contribution in [0.2, 0.25) is 0 Å². The van der Waals surface area contributed by atoms with Gasteiger partial charge >= 0.3 is 12.0 Å². The normalized spacial score (nSPS) is 14.9. The molecule has 1 N–H and O–H groups in total. The lowest BCUT2D eigenvalue weighted by atomic mass is 9.85. The molecular weight excluding hydrogens is 330 g/mol. The fourth-order valence-corrected chi connectivity index (χ4v) is 3.15. The minimum Gasteiger partial charge on any atom is -0.466 e. The maximum Gasteiger partial charge on any atom is 0.317 e. The number of piperazine rings is 1. The van der Waals surface area contributed by atoms with E-state index in [4.69, 9.17) is 4.74 Å². The number of hydrogen-bond donors (Lipinski definition) is 1. The van der Waals surface area contributed by atoms with E-state index < -0.39 is 0 Å². The molecule has 26 heavy (non-hydrogen) atoms. The third-order valence-corrected chi connectivity index (χ3v) is 4.53. The number of carbonyl (C=O) groups is 2. The molecule has 1 fully saturated rings. The van der Waals surface area contributed by atoms with Crippen molar-refractivity contribution in [3.05, 3.63) is 29.8 Å². The summed E-state index contributed by atoms with van der Waals surface area (Å²) in [4.78, 5) is 27.7. The van der Waals surface area contributed by atoms with Crippen LogP contribution in [0, 0.1) is 0 Å². The Morgan fingerprint density at radius 3 is 2.38 bits per heavy atom. The second-order valence-electron chi connectivity index (χ2n) is 7.53. The summed E-state index contributed by atoms with van der Waals surface area (Å²) in [5.41, 5.74) is 2.66. The molecule has 0 aromatic heterocycles. The van der Waals surface area contributed by atoms with E-state index in [1.807, 2.05) is 0 Å². The van der Waals surface area contributed by atoms with E-state index in [0.717, 1.165) is 13.1 Å². The Bertz CT molecular complexity index is 617. The number of anilines is 1. The molecule has 1 heterocycles. The van der Waals surface area contributed by atoms with Crippen LogP contribution in [0.15, 0.2) is 24.3 Å². The average Bonchev–Trinajstić information content (AvgIpc) is 2.61. The van der Waals surface area contributed by atoms with Crippen LogP contribution in [0.1, 0.15) is 39.7 Å². The van der Waals surface area contributed by atoms with E-state index in [1.165, 1.54) is 11.3 Å². The van der Waals surface area contributed by atoms with Gasteiger partial charge in [0.15, 0.2) is 0 Å². The van der Waals surface area contributed by atoms with Crippen LogP contribution < -0.4 is 10.2 Å². The number of esters is 1. The molecule has 0 radical (unpaired) electrons. The number of benzene rings is 1. The summed E-state index contributed by atoms with van der Waals surface area (Å²) in [7, 11) is 0. The van der Waals surface area contributed by atoms with Gasteiger partial charge in [-0.1, -0.05) is 39.0 Å². The van der Waals surface area contributed by atoms with Gasteiger partial charge in [0.2, 0.25) is 0 Å². The highest BCUT2D eigenvalue weighted by molar-refractivity contribution is 5.76. The Kier molecular flexibility index (Phi) is 6.89. The van der Waals surface area contributed by atoms with Crippen molar-refractivity contribution >= 4 is 17.7 Å². The van der Waals surface area contributed by atoms with Crippen LogP contribution >= 0.6 is 0 Å². The standard InChI is InChI=1S/C20H31N3O3/c1-5-26-18(24)10-11-21-19(25)23-14-12-22(13-15-23)17-9-7-6-8-16(17)20(2,3)4/h6-9H,5,10-15H2,1-4H3,(H,21,25). The first kappa shape index (κ1) is 20.1. The van der Waals surface area contributed by atoms with E-state index in [9.17, 15) is 9.59 Å². The van der Waals surface area contributed by atoms with Gasteiger partial charge in [0.05, 0.1) is 13.0 Å². The van der Waals surface area contributed by atoms with Gasteiger partial charge in [-0.05, 0) is 24.0 Å². The number of nitrogens with zero attached hydrogens (tertiary/aromatic N) is 2. The number of hydrogen-bond acceptors (Lipinski definition) is 4. The number of carbonyl (C=O) groups excluding carboxylic acids is 2. The van der Waals surface area contributed by atoms with Gasteiger partial charge in [-0.2, -0.15) is 0 Å². The van der Waals surface area contributed by atoms with Crippen molar-refractivity contribution in [1.29, 1.82) is 0 Å². The van der Waals surface area contributed by atoms with Gasteiger partial charge in [0.25, 0.3) is 0 Å². The highest BCUT2D eigenvalue weighted by atomic mass is 16.5. The third kappa shape index (κ3) is 5.38. The predicted octanol–water partition coefficient (Wildman–Crippen LogP) is 2.77. The summed E-state index contributed by atoms with van der Waals surface area (Å²) >= 11 is 0. The molecule has 6 heteroatoms. The number of rotatable bonds is 5. The summed E-state index contributed by atoms with van der Waals surface area (Å²) in [6.07, 6.45) is 0.207. The van der Waals surface area contributed by atoms with Gasteiger partial charge in [0, 0.05) is 38.4 Å². The van der Waals surface area contributed by atoms with Gasteiger partial charge < -0.3 is 19.9 Å². The molecule has 2 amide bonds. The van der Waals surface area contributed by atoms with Crippen LogP contribution in [0.3, 0.4) is 0 Å². The molecule has 1 aromatic carbocycles. The van der Waals surface area contributed by atoms with Gasteiger partial charge in [-0.25, -0.2) is 4.79 Å². The Morgan fingerprint density at radius 2 is 1.77 bits per heavy atom. The lowest BCUT2D eigenvalue weighted by molar-refractivity contribution is -0.142. The zero-order valence-electron chi connectivity index (χ0n) is 16.4. The van der Waals surface area contributed by atoms with Crippen LogP contribution in [-0.4, -0.2) is 56.2 Å². The monoisotopic (exact) mass is 361 g/mol. The van der Waals surface area contributed by atoms with Crippen molar-refractivity contribution in [3.8, 4) is 0 Å². The molecule has 0 saturated carbocycles. The van der Waals surface area contributed by atoms with E-state index in [0.29, 0.717) is 26.2 Å². The van der Waals surface area contributed by atoms with Crippen LogP contribution in [-0.2, 0) is 14.9 Å². The third-order valence-electron chi connectivity index (χ3n) is 4.53. The molecule has 6 nitrogen and oxygen atoms in total. The number of para-hydroxylation sites is 1.